The largest absolute Gasteiger partial charge is 0.469 e. The van der Waals surface area contributed by atoms with E-state index in [9.17, 15) is 0 Å². The molecule has 0 fully saturated rings. The highest BCUT2D eigenvalue weighted by Gasteiger charge is 2.14. The van der Waals surface area contributed by atoms with Crippen LogP contribution in [0.15, 0.2) is 65.4 Å². The molecular weight excluding hydrogens is 250 g/mol. The first kappa shape index (κ1) is 12.7. The van der Waals surface area contributed by atoms with Crippen molar-refractivity contribution in [3.05, 3.63) is 72.4 Å². The Hall–Kier alpha value is -2.33. The molecule has 1 atom stereocenters. The Kier molecular flexibility index (Phi) is 3.65. The first-order chi connectivity index (χ1) is 9.86. The van der Waals surface area contributed by atoms with E-state index in [1.807, 2.05) is 66.5 Å². The van der Waals surface area contributed by atoms with E-state index in [4.69, 9.17) is 4.42 Å². The van der Waals surface area contributed by atoms with Gasteiger partial charge in [-0.1, -0.05) is 18.2 Å². The molecule has 20 heavy (non-hydrogen) atoms. The molecule has 0 spiro atoms. The summed E-state index contributed by atoms with van der Waals surface area (Å²) in [5.41, 5.74) is 2.07. The maximum Gasteiger partial charge on any atom is 0.105 e. The molecule has 3 rings (SSSR count). The van der Waals surface area contributed by atoms with Crippen molar-refractivity contribution < 1.29 is 4.42 Å². The van der Waals surface area contributed by atoms with E-state index in [1.165, 1.54) is 0 Å². The third-order valence-corrected chi connectivity index (χ3v) is 3.32. The van der Waals surface area contributed by atoms with Crippen LogP contribution in [0.3, 0.4) is 0 Å². The van der Waals surface area contributed by atoms with Gasteiger partial charge in [0.25, 0.3) is 0 Å². The molecule has 3 aromatic rings. The van der Waals surface area contributed by atoms with Crippen molar-refractivity contribution in [1.82, 2.24) is 15.1 Å². The van der Waals surface area contributed by atoms with Crippen LogP contribution >= 0.6 is 0 Å². The van der Waals surface area contributed by atoms with Crippen LogP contribution in [0.4, 0.5) is 0 Å². The van der Waals surface area contributed by atoms with Gasteiger partial charge >= 0.3 is 0 Å². The van der Waals surface area contributed by atoms with Gasteiger partial charge in [-0.2, -0.15) is 5.10 Å². The van der Waals surface area contributed by atoms with Crippen LogP contribution in [0, 0.1) is 0 Å². The number of aromatic nitrogens is 2. The third kappa shape index (κ3) is 2.65. The lowest BCUT2D eigenvalue weighted by atomic mass is 10.1. The summed E-state index contributed by atoms with van der Waals surface area (Å²) in [5.74, 6) is 0.957. The number of nitrogens with zero attached hydrogens (tertiary/aromatic N) is 2. The van der Waals surface area contributed by atoms with Crippen LogP contribution in [0.2, 0.25) is 0 Å². The van der Waals surface area contributed by atoms with Gasteiger partial charge in [-0.25, -0.2) is 4.68 Å². The summed E-state index contributed by atoms with van der Waals surface area (Å²) in [5, 5.41) is 7.93. The molecular formula is C16H17N3O. The Morgan fingerprint density at radius 1 is 1.15 bits per heavy atom. The topological polar surface area (TPSA) is 43.0 Å². The summed E-state index contributed by atoms with van der Waals surface area (Å²) >= 11 is 0. The quantitative estimate of drug-likeness (QED) is 0.773. The van der Waals surface area contributed by atoms with Crippen molar-refractivity contribution in [2.45, 2.75) is 12.5 Å². The molecule has 4 heteroatoms. The lowest BCUT2D eigenvalue weighted by Gasteiger charge is -2.12. The number of likely N-dealkylation sites (N-methyl/N-ethyl adjacent to an activating group) is 1. The summed E-state index contributed by atoms with van der Waals surface area (Å²) in [6, 6.07) is 16.2. The summed E-state index contributed by atoms with van der Waals surface area (Å²) in [6.45, 7) is 0. The molecule has 0 amide bonds. The van der Waals surface area contributed by atoms with E-state index in [1.54, 1.807) is 6.26 Å². The molecule has 2 heterocycles. The van der Waals surface area contributed by atoms with Gasteiger partial charge in [0.15, 0.2) is 0 Å². The maximum absolute atomic E-state index is 5.40. The van der Waals surface area contributed by atoms with Crippen molar-refractivity contribution >= 4 is 0 Å². The summed E-state index contributed by atoms with van der Waals surface area (Å²) in [6.07, 6.45) is 4.47. The van der Waals surface area contributed by atoms with E-state index >= 15 is 0 Å². The van der Waals surface area contributed by atoms with E-state index in [0.717, 1.165) is 23.6 Å². The number of nitrogens with one attached hydrogen (secondary N) is 1. The van der Waals surface area contributed by atoms with Gasteiger partial charge in [-0.15, -0.1) is 0 Å². The number of benzene rings is 1. The predicted octanol–water partition coefficient (Wildman–Crippen LogP) is 2.97. The molecule has 0 saturated heterocycles. The van der Waals surface area contributed by atoms with Gasteiger partial charge in [0.05, 0.1) is 23.7 Å². The molecule has 4 nitrogen and oxygen atoms in total. The average molecular weight is 267 g/mol. The van der Waals surface area contributed by atoms with Crippen LogP contribution in [0.1, 0.15) is 17.5 Å². The van der Waals surface area contributed by atoms with Crippen LogP contribution in [-0.4, -0.2) is 16.8 Å². The van der Waals surface area contributed by atoms with Crippen LogP contribution < -0.4 is 5.32 Å². The summed E-state index contributed by atoms with van der Waals surface area (Å²) in [7, 11) is 1.94. The molecule has 1 aromatic carbocycles. The Morgan fingerprint density at radius 3 is 2.70 bits per heavy atom. The van der Waals surface area contributed by atoms with Crippen molar-refractivity contribution in [3.8, 4) is 5.69 Å². The number of furan rings is 1. The highest BCUT2D eigenvalue weighted by atomic mass is 16.3. The second-order valence-corrected chi connectivity index (χ2v) is 4.65. The number of hydrogen-bond donors (Lipinski definition) is 1. The fourth-order valence-corrected chi connectivity index (χ4v) is 2.23. The van der Waals surface area contributed by atoms with Gasteiger partial charge in [-0.05, 0) is 37.4 Å². The number of para-hydroxylation sites is 1. The summed E-state index contributed by atoms with van der Waals surface area (Å²) < 4.78 is 7.29. The first-order valence-electron chi connectivity index (χ1n) is 6.67. The van der Waals surface area contributed by atoms with E-state index < -0.39 is 0 Å². The SMILES string of the molecule is CNC(Cc1ccco1)c1ccn(-c2ccccc2)n1. The van der Waals surface area contributed by atoms with Gasteiger partial charge in [-0.3, -0.25) is 0 Å². The molecule has 0 bridgehead atoms. The minimum Gasteiger partial charge on any atom is -0.469 e. The zero-order valence-corrected chi connectivity index (χ0v) is 11.4. The van der Waals surface area contributed by atoms with Crippen LogP contribution in [0.5, 0.6) is 0 Å². The fraction of sp³-hybridized carbons (Fsp3) is 0.188. The predicted molar refractivity (Wildman–Crippen MR) is 77.8 cm³/mol. The molecule has 102 valence electrons. The van der Waals surface area contributed by atoms with Gasteiger partial charge in [0, 0.05) is 12.6 Å². The minimum absolute atomic E-state index is 0.145. The molecule has 1 N–H and O–H groups in total. The molecule has 1 unspecified atom stereocenters. The normalized spacial score (nSPS) is 12.4. The standard InChI is InChI=1S/C16H17N3O/c1-17-16(12-14-8-5-11-20-14)15-9-10-19(18-15)13-6-3-2-4-7-13/h2-11,16-17H,12H2,1H3. The number of hydrogen-bond acceptors (Lipinski definition) is 3. The van der Waals surface area contributed by atoms with Crippen molar-refractivity contribution in [1.29, 1.82) is 0 Å². The minimum atomic E-state index is 0.145. The first-order valence-corrected chi connectivity index (χ1v) is 6.67. The van der Waals surface area contributed by atoms with E-state index in [2.05, 4.69) is 10.4 Å². The van der Waals surface area contributed by atoms with Crippen LogP contribution in [-0.2, 0) is 6.42 Å². The smallest absolute Gasteiger partial charge is 0.105 e. The monoisotopic (exact) mass is 267 g/mol. The molecule has 0 aliphatic rings. The maximum atomic E-state index is 5.40. The van der Waals surface area contributed by atoms with Gasteiger partial charge in [0.2, 0.25) is 0 Å². The zero-order valence-electron chi connectivity index (χ0n) is 11.4. The van der Waals surface area contributed by atoms with Crippen molar-refractivity contribution in [2.75, 3.05) is 7.05 Å². The fourth-order valence-electron chi connectivity index (χ4n) is 2.23. The average Bonchev–Trinajstić information content (AvgIpc) is 3.17. The van der Waals surface area contributed by atoms with E-state index in [-0.39, 0.29) is 6.04 Å². The molecule has 0 saturated carbocycles. The Balaban J connectivity index is 1.81. The molecule has 0 aliphatic carbocycles. The Labute approximate surface area is 118 Å². The molecule has 0 radical (unpaired) electrons. The third-order valence-electron chi connectivity index (χ3n) is 3.32. The highest BCUT2D eigenvalue weighted by molar-refractivity contribution is 5.30. The van der Waals surface area contributed by atoms with Gasteiger partial charge < -0.3 is 9.73 Å². The lowest BCUT2D eigenvalue weighted by molar-refractivity contribution is 0.460. The Morgan fingerprint density at radius 2 is 2.00 bits per heavy atom. The van der Waals surface area contributed by atoms with E-state index in [0.29, 0.717) is 0 Å². The molecule has 0 aliphatic heterocycles. The van der Waals surface area contributed by atoms with Crippen molar-refractivity contribution in [2.24, 2.45) is 0 Å². The van der Waals surface area contributed by atoms with Crippen LogP contribution in [0.25, 0.3) is 5.69 Å². The summed E-state index contributed by atoms with van der Waals surface area (Å²) in [4.78, 5) is 0. The molecule has 2 aromatic heterocycles. The highest BCUT2D eigenvalue weighted by Crippen LogP contribution is 2.18. The zero-order chi connectivity index (χ0) is 13.8. The lowest BCUT2D eigenvalue weighted by Crippen LogP contribution is -2.19. The number of rotatable bonds is 5. The van der Waals surface area contributed by atoms with Gasteiger partial charge in [0.1, 0.15) is 5.76 Å². The second-order valence-electron chi connectivity index (χ2n) is 4.65. The Bertz CT molecular complexity index is 643. The van der Waals surface area contributed by atoms with Crippen molar-refractivity contribution in [3.63, 3.8) is 0 Å². The second kappa shape index (κ2) is 5.75.